The van der Waals surface area contributed by atoms with Crippen LogP contribution in [0.2, 0.25) is 0 Å². The first-order valence-corrected chi connectivity index (χ1v) is 9.36. The zero-order valence-electron chi connectivity index (χ0n) is 15.7. The Kier molecular flexibility index (Phi) is 6.54. The molecule has 0 bridgehead atoms. The van der Waals surface area contributed by atoms with Crippen LogP contribution in [0.1, 0.15) is 0 Å². The molecule has 3 aromatic rings. The van der Waals surface area contributed by atoms with E-state index in [1.54, 1.807) is 18.3 Å². The first-order chi connectivity index (χ1) is 14.1. The predicted molar refractivity (Wildman–Crippen MR) is 111 cm³/mol. The molecule has 9 heteroatoms. The molecule has 0 amide bonds. The van der Waals surface area contributed by atoms with Gasteiger partial charge >= 0.3 is 11.9 Å². The lowest BCUT2D eigenvalue weighted by molar-refractivity contribution is -0.138. The molecule has 2 aromatic heterocycles. The van der Waals surface area contributed by atoms with E-state index in [0.29, 0.717) is 5.69 Å². The molecule has 8 nitrogen and oxygen atoms in total. The molecule has 2 heterocycles. The van der Waals surface area contributed by atoms with Crippen LogP contribution in [0.15, 0.2) is 65.8 Å². The minimum Gasteiger partial charge on any atom is -0.466 e. The molecule has 0 fully saturated rings. The van der Waals surface area contributed by atoms with Crippen molar-refractivity contribution < 1.29 is 19.1 Å². The van der Waals surface area contributed by atoms with E-state index in [1.807, 2.05) is 35.7 Å². The number of aromatic nitrogens is 2. The van der Waals surface area contributed by atoms with Crippen LogP contribution < -0.4 is 10.6 Å². The average molecular weight is 410 g/mol. The fourth-order valence-electron chi connectivity index (χ4n) is 2.31. The van der Waals surface area contributed by atoms with Crippen LogP contribution >= 0.6 is 11.3 Å². The number of nitrogens with zero attached hydrogens (tertiary/aromatic N) is 2. The lowest BCUT2D eigenvalue weighted by Gasteiger charge is -2.10. The van der Waals surface area contributed by atoms with E-state index in [0.717, 1.165) is 28.3 Å². The number of thiazole rings is 1. The molecule has 0 unspecified atom stereocenters. The van der Waals surface area contributed by atoms with Crippen LogP contribution in [0.5, 0.6) is 0 Å². The zero-order chi connectivity index (χ0) is 20.6. The lowest BCUT2D eigenvalue weighted by Crippen LogP contribution is -2.15. The largest absolute Gasteiger partial charge is 0.466 e. The molecule has 2 N–H and O–H groups in total. The predicted octanol–water partition coefficient (Wildman–Crippen LogP) is 3.59. The third kappa shape index (κ3) is 5.39. The maximum atomic E-state index is 11.8. The summed E-state index contributed by atoms with van der Waals surface area (Å²) in [6.07, 6.45) is 2.76. The molecule has 148 valence electrons. The average Bonchev–Trinajstić information content (AvgIpc) is 3.23. The van der Waals surface area contributed by atoms with Gasteiger partial charge < -0.3 is 20.1 Å². The number of ether oxygens (including phenoxy) is 2. The Hall–Kier alpha value is -3.72. The van der Waals surface area contributed by atoms with Gasteiger partial charge in [-0.3, -0.25) is 4.98 Å². The summed E-state index contributed by atoms with van der Waals surface area (Å²) < 4.78 is 9.22. The highest BCUT2D eigenvalue weighted by molar-refractivity contribution is 7.14. The standard InChI is InChI=1S/C20H18N4O4S/c1-27-18(25)11-16(19(26)28-2)22-13-6-8-14(9-7-13)23-20-24-17(12-29-20)15-5-3-4-10-21-15/h3-12,22H,1-2H3,(H,23,24)/b16-11+. The van der Waals surface area contributed by atoms with Crippen molar-refractivity contribution >= 4 is 39.8 Å². The number of rotatable bonds is 7. The summed E-state index contributed by atoms with van der Waals surface area (Å²) in [5, 5.41) is 8.73. The number of esters is 2. The molecule has 0 saturated carbocycles. The summed E-state index contributed by atoms with van der Waals surface area (Å²) in [5.74, 6) is -1.34. The van der Waals surface area contributed by atoms with E-state index in [2.05, 4.69) is 30.1 Å². The third-order valence-electron chi connectivity index (χ3n) is 3.72. The Morgan fingerprint density at radius 3 is 2.41 bits per heavy atom. The van der Waals surface area contributed by atoms with Gasteiger partial charge in [-0.1, -0.05) is 6.07 Å². The first kappa shape index (κ1) is 20.0. The van der Waals surface area contributed by atoms with Gasteiger partial charge in [-0.15, -0.1) is 11.3 Å². The van der Waals surface area contributed by atoms with Crippen molar-refractivity contribution in [2.45, 2.75) is 0 Å². The lowest BCUT2D eigenvalue weighted by atomic mass is 10.2. The number of benzene rings is 1. The van der Waals surface area contributed by atoms with Crippen molar-refractivity contribution in [3.63, 3.8) is 0 Å². The number of hydrogen-bond donors (Lipinski definition) is 2. The third-order valence-corrected chi connectivity index (χ3v) is 4.47. The van der Waals surface area contributed by atoms with Gasteiger partial charge in [0, 0.05) is 23.0 Å². The van der Waals surface area contributed by atoms with Gasteiger partial charge in [0.2, 0.25) is 0 Å². The van der Waals surface area contributed by atoms with Gasteiger partial charge in [0.1, 0.15) is 11.4 Å². The molecule has 0 atom stereocenters. The van der Waals surface area contributed by atoms with E-state index in [-0.39, 0.29) is 5.70 Å². The Morgan fingerprint density at radius 2 is 1.76 bits per heavy atom. The molecule has 3 rings (SSSR count). The van der Waals surface area contributed by atoms with Crippen molar-refractivity contribution in [1.82, 2.24) is 9.97 Å². The number of methoxy groups -OCH3 is 2. The smallest absolute Gasteiger partial charge is 0.354 e. The molecule has 0 aliphatic rings. The normalized spacial score (nSPS) is 10.9. The second kappa shape index (κ2) is 9.47. The van der Waals surface area contributed by atoms with E-state index >= 15 is 0 Å². The van der Waals surface area contributed by atoms with Crippen molar-refractivity contribution in [2.75, 3.05) is 24.9 Å². The minimum absolute atomic E-state index is 0.0278. The monoisotopic (exact) mass is 410 g/mol. The van der Waals surface area contributed by atoms with E-state index < -0.39 is 11.9 Å². The number of hydrogen-bond acceptors (Lipinski definition) is 9. The fourth-order valence-corrected chi connectivity index (χ4v) is 3.04. The Bertz CT molecular complexity index is 1020. The summed E-state index contributed by atoms with van der Waals surface area (Å²) in [4.78, 5) is 32.1. The van der Waals surface area contributed by atoms with Gasteiger partial charge in [0.05, 0.1) is 26.0 Å². The van der Waals surface area contributed by atoms with Gasteiger partial charge in [-0.2, -0.15) is 0 Å². The quantitative estimate of drug-likeness (QED) is 0.450. The molecule has 29 heavy (non-hydrogen) atoms. The van der Waals surface area contributed by atoms with Crippen molar-refractivity contribution in [2.24, 2.45) is 0 Å². The summed E-state index contributed by atoms with van der Waals surface area (Å²) in [7, 11) is 2.46. The van der Waals surface area contributed by atoms with Crippen LogP contribution in [0, 0.1) is 0 Å². The molecule has 0 spiro atoms. The SMILES string of the molecule is COC(=O)/C=C(/Nc1ccc(Nc2nc(-c3ccccn3)cs2)cc1)C(=O)OC. The van der Waals surface area contributed by atoms with Crippen LogP contribution in [0.25, 0.3) is 11.4 Å². The Labute approximate surface area is 171 Å². The topological polar surface area (TPSA) is 102 Å². The van der Waals surface area contributed by atoms with Gasteiger partial charge in [0.15, 0.2) is 5.13 Å². The number of nitrogens with one attached hydrogen (secondary N) is 2. The number of anilines is 3. The molecule has 1 aromatic carbocycles. The van der Waals surface area contributed by atoms with Gasteiger partial charge in [-0.05, 0) is 36.4 Å². The van der Waals surface area contributed by atoms with Crippen molar-refractivity contribution in [3.8, 4) is 11.4 Å². The molecule has 0 radical (unpaired) electrons. The summed E-state index contributed by atoms with van der Waals surface area (Å²) in [6.45, 7) is 0. The van der Waals surface area contributed by atoms with Crippen LogP contribution in [0.4, 0.5) is 16.5 Å². The van der Waals surface area contributed by atoms with Crippen LogP contribution in [-0.2, 0) is 19.1 Å². The molecule has 0 aliphatic carbocycles. The highest BCUT2D eigenvalue weighted by atomic mass is 32.1. The van der Waals surface area contributed by atoms with Gasteiger partial charge in [-0.25, -0.2) is 14.6 Å². The highest BCUT2D eigenvalue weighted by Gasteiger charge is 2.13. The summed E-state index contributed by atoms with van der Waals surface area (Å²) >= 11 is 1.47. The van der Waals surface area contributed by atoms with E-state index in [1.165, 1.54) is 25.6 Å². The zero-order valence-corrected chi connectivity index (χ0v) is 16.5. The Morgan fingerprint density at radius 1 is 1.00 bits per heavy atom. The molecule has 0 aliphatic heterocycles. The van der Waals surface area contributed by atoms with Crippen molar-refractivity contribution in [1.29, 1.82) is 0 Å². The maximum absolute atomic E-state index is 11.8. The molecular formula is C20H18N4O4S. The maximum Gasteiger partial charge on any atom is 0.354 e. The Balaban J connectivity index is 1.68. The second-order valence-corrected chi connectivity index (χ2v) is 6.51. The summed E-state index contributed by atoms with van der Waals surface area (Å²) in [5.41, 5.74) is 2.99. The van der Waals surface area contributed by atoms with E-state index in [4.69, 9.17) is 0 Å². The van der Waals surface area contributed by atoms with Crippen LogP contribution in [0.3, 0.4) is 0 Å². The number of pyridine rings is 1. The minimum atomic E-state index is -0.678. The number of carbonyl (C=O) groups is 2. The fraction of sp³-hybridized carbons (Fsp3) is 0.100. The molecular weight excluding hydrogens is 392 g/mol. The van der Waals surface area contributed by atoms with E-state index in [9.17, 15) is 9.59 Å². The highest BCUT2D eigenvalue weighted by Crippen LogP contribution is 2.26. The van der Waals surface area contributed by atoms with Gasteiger partial charge in [0.25, 0.3) is 0 Å². The second-order valence-electron chi connectivity index (χ2n) is 5.65. The summed E-state index contributed by atoms with van der Waals surface area (Å²) in [6, 6.07) is 12.8. The number of carbonyl (C=O) groups excluding carboxylic acids is 2. The van der Waals surface area contributed by atoms with Crippen LogP contribution in [-0.4, -0.2) is 36.1 Å². The van der Waals surface area contributed by atoms with Crippen molar-refractivity contribution in [3.05, 3.63) is 65.8 Å². The molecule has 0 saturated heterocycles. The first-order valence-electron chi connectivity index (χ1n) is 8.48.